The third kappa shape index (κ3) is 5.07. The third-order valence-electron chi connectivity index (χ3n) is 19.4. The molecule has 0 unspecified atom stereocenters. The van der Waals surface area contributed by atoms with Crippen LogP contribution in [-0.2, 0) is 32.5 Å². The lowest BCUT2D eigenvalue weighted by Crippen LogP contribution is -2.42. The number of fused-ring (bicyclic) bond motifs is 5. The van der Waals surface area contributed by atoms with Gasteiger partial charge in [0.25, 0.3) is 0 Å². The second-order valence-electron chi connectivity index (χ2n) is 22.9. The second kappa shape index (κ2) is 12.2. The van der Waals surface area contributed by atoms with Crippen molar-refractivity contribution in [3.05, 3.63) is 106 Å². The summed E-state index contributed by atoms with van der Waals surface area (Å²) in [7, 11) is 0. The Morgan fingerprint density at radius 2 is 0.746 bits per heavy atom. The Balaban J connectivity index is 1.08. The number of benzene rings is 3. The van der Waals surface area contributed by atoms with Crippen molar-refractivity contribution in [1.29, 1.82) is 0 Å². The minimum atomic E-state index is -0.0297. The molecule has 0 atom stereocenters. The molecule has 2 heterocycles. The van der Waals surface area contributed by atoms with Crippen LogP contribution < -0.4 is 0 Å². The van der Waals surface area contributed by atoms with Crippen molar-refractivity contribution in [3.63, 3.8) is 0 Å². The number of aromatic nitrogens is 4. The predicted octanol–water partition coefficient (Wildman–Crippen LogP) is 14.2. The van der Waals surface area contributed by atoms with Gasteiger partial charge >= 0.3 is 0 Å². The zero-order valence-electron chi connectivity index (χ0n) is 38.1. The van der Waals surface area contributed by atoms with Gasteiger partial charge < -0.3 is 0 Å². The van der Waals surface area contributed by atoms with Gasteiger partial charge in [0.15, 0.2) is 17.5 Å². The third-order valence-corrected chi connectivity index (χ3v) is 19.4. The fourth-order valence-corrected chi connectivity index (χ4v) is 13.3. The predicted molar refractivity (Wildman–Crippen MR) is 244 cm³/mol. The van der Waals surface area contributed by atoms with Gasteiger partial charge in [0.05, 0.1) is 5.69 Å². The zero-order valence-corrected chi connectivity index (χ0v) is 38.1. The molecule has 0 radical (unpaired) electrons. The minimum absolute atomic E-state index is 0.0282. The molecular formula is C55H66N4. The highest BCUT2D eigenvalue weighted by Crippen LogP contribution is 2.64. The lowest BCUT2D eigenvalue weighted by molar-refractivity contribution is 0.125. The summed E-state index contributed by atoms with van der Waals surface area (Å²) in [6.45, 7) is 28.9. The summed E-state index contributed by atoms with van der Waals surface area (Å²) >= 11 is 0. The van der Waals surface area contributed by atoms with Gasteiger partial charge in [-0.2, -0.15) is 0 Å². The summed E-state index contributed by atoms with van der Waals surface area (Å²) in [5.74, 6) is 2.07. The molecule has 5 aliphatic carbocycles. The van der Waals surface area contributed by atoms with E-state index in [2.05, 4.69) is 150 Å². The van der Waals surface area contributed by atoms with Crippen LogP contribution in [0, 0.1) is 10.8 Å². The van der Waals surface area contributed by atoms with Gasteiger partial charge in [-0.25, -0.2) is 15.0 Å². The summed E-state index contributed by atoms with van der Waals surface area (Å²) in [5, 5.41) is 0. The highest BCUT2D eigenvalue weighted by molar-refractivity contribution is 5.71. The van der Waals surface area contributed by atoms with Crippen LogP contribution in [0.5, 0.6) is 0 Å². The van der Waals surface area contributed by atoms with E-state index in [0.29, 0.717) is 28.3 Å². The molecule has 0 saturated heterocycles. The van der Waals surface area contributed by atoms with E-state index in [0.717, 1.165) is 22.4 Å². The summed E-state index contributed by atoms with van der Waals surface area (Å²) in [6.07, 6.45) is 14.2. The van der Waals surface area contributed by atoms with Crippen molar-refractivity contribution in [2.45, 2.75) is 173 Å². The number of rotatable bonds is 4. The van der Waals surface area contributed by atoms with E-state index >= 15 is 0 Å². The molecule has 10 rings (SSSR count). The zero-order chi connectivity index (χ0) is 41.8. The van der Waals surface area contributed by atoms with Crippen LogP contribution in [0.1, 0.15) is 174 Å². The van der Waals surface area contributed by atoms with Crippen molar-refractivity contribution in [2.24, 2.45) is 10.8 Å². The maximum atomic E-state index is 5.31. The Labute approximate surface area is 354 Å². The summed E-state index contributed by atoms with van der Waals surface area (Å²) < 4.78 is 0. The van der Waals surface area contributed by atoms with E-state index in [-0.39, 0.29) is 32.5 Å². The Morgan fingerprint density at radius 3 is 1.20 bits per heavy atom. The van der Waals surface area contributed by atoms with Crippen LogP contribution in [0.2, 0.25) is 0 Å². The number of hydrogen-bond donors (Lipinski definition) is 0. The van der Waals surface area contributed by atoms with Gasteiger partial charge in [0.1, 0.15) is 0 Å². The topological polar surface area (TPSA) is 51.6 Å². The number of nitrogens with zero attached hydrogens (tertiary/aromatic N) is 4. The molecule has 5 aliphatic rings. The lowest BCUT2D eigenvalue weighted by Gasteiger charge is -2.44. The highest BCUT2D eigenvalue weighted by Gasteiger charge is 2.58. The first-order chi connectivity index (χ1) is 27.7. The molecule has 2 fully saturated rings. The highest BCUT2D eigenvalue weighted by atomic mass is 15.0. The molecule has 0 bridgehead atoms. The standard InChI is InChI=1S/C55H66N4/c1-48(2)38-21-18-35(30-41(38)50(5,6)52(48,9)10)45-57-46(36-19-22-39-42(31-36)51(7,8)53(11,12)49(39,3)4)59-47(58-45)37-20-24-44(56-32-37)34-17-23-40-43(29-34)55(27-15-16-28-55)33-54(40)25-13-14-26-54/h17-24,29-32H,13-16,25-28,33H2,1-12H3. The first-order valence-electron chi connectivity index (χ1n) is 22.9. The fourth-order valence-electron chi connectivity index (χ4n) is 13.3. The van der Waals surface area contributed by atoms with Crippen LogP contribution in [-0.4, -0.2) is 19.9 Å². The molecule has 2 saturated carbocycles. The van der Waals surface area contributed by atoms with Gasteiger partial charge in [0.2, 0.25) is 0 Å². The Hall–Kier alpha value is -4.18. The van der Waals surface area contributed by atoms with E-state index < -0.39 is 0 Å². The quantitative estimate of drug-likeness (QED) is 0.182. The van der Waals surface area contributed by atoms with Crippen LogP contribution >= 0.6 is 0 Å². The van der Waals surface area contributed by atoms with E-state index in [4.69, 9.17) is 19.9 Å². The average molecular weight is 783 g/mol. The van der Waals surface area contributed by atoms with Crippen LogP contribution in [0.25, 0.3) is 45.4 Å². The fraction of sp³-hybridized carbons (Fsp3) is 0.527. The first-order valence-corrected chi connectivity index (χ1v) is 22.9. The molecule has 0 aliphatic heterocycles. The summed E-state index contributed by atoms with van der Waals surface area (Å²) in [5.41, 5.74) is 15.0. The maximum Gasteiger partial charge on any atom is 0.165 e. The largest absolute Gasteiger partial charge is 0.255 e. The summed E-state index contributed by atoms with van der Waals surface area (Å²) in [4.78, 5) is 21.0. The smallest absolute Gasteiger partial charge is 0.165 e. The van der Waals surface area contributed by atoms with Gasteiger partial charge in [-0.15, -0.1) is 0 Å². The normalized spacial score (nSPS) is 23.7. The molecule has 0 N–H and O–H groups in total. The van der Waals surface area contributed by atoms with E-state index in [9.17, 15) is 0 Å². The molecule has 59 heavy (non-hydrogen) atoms. The van der Waals surface area contributed by atoms with Crippen LogP contribution in [0.3, 0.4) is 0 Å². The van der Waals surface area contributed by atoms with E-state index in [1.165, 1.54) is 85.6 Å². The van der Waals surface area contributed by atoms with Gasteiger partial charge in [0, 0.05) is 28.5 Å². The second-order valence-corrected chi connectivity index (χ2v) is 22.9. The Bertz CT molecular complexity index is 2430. The van der Waals surface area contributed by atoms with Crippen molar-refractivity contribution >= 4 is 0 Å². The number of hydrogen-bond acceptors (Lipinski definition) is 4. The molecule has 0 amide bonds. The molecule has 2 aromatic heterocycles. The van der Waals surface area contributed by atoms with E-state index in [1.54, 1.807) is 11.1 Å². The Morgan fingerprint density at radius 1 is 0.373 bits per heavy atom. The molecule has 306 valence electrons. The lowest BCUT2D eigenvalue weighted by atomic mass is 9.59. The molecule has 5 aromatic rings. The van der Waals surface area contributed by atoms with Crippen molar-refractivity contribution in [2.75, 3.05) is 0 Å². The Kier molecular flexibility index (Phi) is 8.08. The first kappa shape index (κ1) is 39.0. The van der Waals surface area contributed by atoms with Gasteiger partial charge in [-0.05, 0) is 139 Å². The van der Waals surface area contributed by atoms with Crippen LogP contribution in [0.15, 0.2) is 72.9 Å². The van der Waals surface area contributed by atoms with Gasteiger partial charge in [-0.1, -0.05) is 145 Å². The van der Waals surface area contributed by atoms with Crippen molar-refractivity contribution in [1.82, 2.24) is 19.9 Å². The van der Waals surface area contributed by atoms with E-state index in [1.807, 2.05) is 6.20 Å². The maximum absolute atomic E-state index is 5.31. The summed E-state index contributed by atoms with van der Waals surface area (Å²) in [6, 6.07) is 25.6. The average Bonchev–Trinajstić information content (AvgIpc) is 3.99. The molecule has 4 nitrogen and oxygen atoms in total. The van der Waals surface area contributed by atoms with Crippen LogP contribution in [0.4, 0.5) is 0 Å². The monoisotopic (exact) mass is 783 g/mol. The van der Waals surface area contributed by atoms with Crippen molar-refractivity contribution in [3.8, 4) is 45.4 Å². The molecule has 2 spiro atoms. The molecule has 3 aromatic carbocycles. The molecular weight excluding hydrogens is 717 g/mol. The van der Waals surface area contributed by atoms with Crippen molar-refractivity contribution < 1.29 is 0 Å². The SMILES string of the molecule is CC1(C)c2ccc(-c3nc(-c4ccc(-c5ccc6c(c5)C5(CCCC5)CC65CCCC5)nc4)nc(-c4ccc5c(c4)C(C)(C)C(C)(C)C5(C)C)n3)cc2C(C)(C)C1(C)C. The minimum Gasteiger partial charge on any atom is -0.255 e. The van der Waals surface area contributed by atoms with Gasteiger partial charge in [-0.3, -0.25) is 4.98 Å². The molecule has 4 heteroatoms. The number of pyridine rings is 1.